The molecule has 4 heteroatoms. The maximum atomic E-state index is 10.6. The molecule has 0 spiro atoms. The molecule has 0 aliphatic carbocycles. The quantitative estimate of drug-likeness (QED) is 0.706. The summed E-state index contributed by atoms with van der Waals surface area (Å²) in [5.74, 6) is -0.477. The highest BCUT2D eigenvalue weighted by atomic mass is 16.6. The minimum absolute atomic E-state index is 0.0883. The van der Waals surface area contributed by atoms with E-state index in [-0.39, 0.29) is 6.61 Å². The number of esters is 1. The van der Waals surface area contributed by atoms with Crippen LogP contribution in [-0.2, 0) is 20.9 Å². The summed E-state index contributed by atoms with van der Waals surface area (Å²) in [6.07, 6.45) is -0.832. The Kier molecular flexibility index (Phi) is 5.03. The maximum Gasteiger partial charge on any atom is 0.304 e. The second-order valence-electron chi connectivity index (χ2n) is 3.23. The van der Waals surface area contributed by atoms with Gasteiger partial charge in [0.05, 0.1) is 13.2 Å². The first-order valence-electron chi connectivity index (χ1n) is 4.91. The summed E-state index contributed by atoms with van der Waals surface area (Å²) < 4.78 is 9.99. The number of rotatable bonds is 5. The van der Waals surface area contributed by atoms with Crippen molar-refractivity contribution in [2.45, 2.75) is 19.6 Å². The Morgan fingerprint density at radius 3 is 2.69 bits per heavy atom. The van der Waals surface area contributed by atoms with Gasteiger partial charge in [-0.2, -0.15) is 5.26 Å². The summed E-state index contributed by atoms with van der Waals surface area (Å²) in [6, 6.07) is 11.4. The largest absolute Gasteiger partial charge is 0.445 e. The predicted octanol–water partition coefficient (Wildman–Crippen LogP) is 1.66. The van der Waals surface area contributed by atoms with E-state index in [1.165, 1.54) is 6.92 Å². The van der Waals surface area contributed by atoms with E-state index in [2.05, 4.69) is 0 Å². The summed E-state index contributed by atoms with van der Waals surface area (Å²) in [5, 5.41) is 8.66. The van der Waals surface area contributed by atoms with Crippen molar-refractivity contribution >= 4 is 5.97 Å². The van der Waals surface area contributed by atoms with E-state index in [1.807, 2.05) is 36.4 Å². The molecular formula is C12H13NO3. The first kappa shape index (κ1) is 12.2. The summed E-state index contributed by atoms with van der Waals surface area (Å²) in [5.41, 5.74) is 1.02. The van der Waals surface area contributed by atoms with Gasteiger partial charge < -0.3 is 9.47 Å². The molecule has 0 bridgehead atoms. The number of carbonyl (C=O) groups excluding carboxylic acids is 1. The lowest BCUT2D eigenvalue weighted by molar-refractivity contribution is -0.146. The van der Waals surface area contributed by atoms with E-state index in [4.69, 9.17) is 14.7 Å². The predicted molar refractivity (Wildman–Crippen MR) is 57.3 cm³/mol. The fourth-order valence-corrected chi connectivity index (χ4v) is 1.16. The lowest BCUT2D eigenvalue weighted by atomic mass is 10.2. The normalized spacial score (nSPS) is 11.5. The Balaban J connectivity index is 2.29. The van der Waals surface area contributed by atoms with Crippen molar-refractivity contribution in [3.05, 3.63) is 35.9 Å². The SMILES string of the molecule is CC(=O)OC(C#N)COCc1ccccc1. The lowest BCUT2D eigenvalue weighted by Gasteiger charge is -2.09. The molecule has 1 atom stereocenters. The van der Waals surface area contributed by atoms with Gasteiger partial charge in [0.2, 0.25) is 6.10 Å². The van der Waals surface area contributed by atoms with Crippen LogP contribution in [0.2, 0.25) is 0 Å². The molecule has 0 N–H and O–H groups in total. The monoisotopic (exact) mass is 219 g/mol. The average Bonchev–Trinajstić information content (AvgIpc) is 2.28. The van der Waals surface area contributed by atoms with Gasteiger partial charge in [-0.05, 0) is 5.56 Å². The van der Waals surface area contributed by atoms with Crippen LogP contribution >= 0.6 is 0 Å². The summed E-state index contributed by atoms with van der Waals surface area (Å²) in [4.78, 5) is 10.6. The van der Waals surface area contributed by atoms with Crippen LogP contribution in [0.5, 0.6) is 0 Å². The van der Waals surface area contributed by atoms with Crippen molar-refractivity contribution in [1.82, 2.24) is 0 Å². The summed E-state index contributed by atoms with van der Waals surface area (Å²) in [6.45, 7) is 1.76. The molecule has 0 saturated heterocycles. The first-order valence-corrected chi connectivity index (χ1v) is 4.91. The van der Waals surface area contributed by atoms with Crippen LogP contribution in [0.25, 0.3) is 0 Å². The zero-order valence-corrected chi connectivity index (χ0v) is 9.05. The second-order valence-corrected chi connectivity index (χ2v) is 3.23. The molecule has 0 radical (unpaired) electrons. The number of nitrogens with zero attached hydrogens (tertiary/aromatic N) is 1. The third-order valence-electron chi connectivity index (χ3n) is 1.83. The third kappa shape index (κ3) is 4.58. The van der Waals surface area contributed by atoms with E-state index in [9.17, 15) is 4.79 Å². The molecule has 16 heavy (non-hydrogen) atoms. The Labute approximate surface area is 94.4 Å². The van der Waals surface area contributed by atoms with E-state index in [0.717, 1.165) is 5.56 Å². The van der Waals surface area contributed by atoms with Gasteiger partial charge in [-0.3, -0.25) is 4.79 Å². The third-order valence-corrected chi connectivity index (χ3v) is 1.83. The molecule has 0 aliphatic rings. The van der Waals surface area contributed by atoms with Crippen LogP contribution in [0, 0.1) is 11.3 Å². The van der Waals surface area contributed by atoms with Crippen molar-refractivity contribution in [3.63, 3.8) is 0 Å². The van der Waals surface area contributed by atoms with E-state index < -0.39 is 12.1 Å². The van der Waals surface area contributed by atoms with Gasteiger partial charge in [0, 0.05) is 6.92 Å². The number of hydrogen-bond donors (Lipinski definition) is 0. The Morgan fingerprint density at radius 1 is 1.44 bits per heavy atom. The van der Waals surface area contributed by atoms with Crippen molar-refractivity contribution in [1.29, 1.82) is 5.26 Å². The zero-order chi connectivity index (χ0) is 11.8. The van der Waals surface area contributed by atoms with Crippen LogP contribution in [0.4, 0.5) is 0 Å². The molecule has 1 unspecified atom stereocenters. The van der Waals surface area contributed by atoms with Gasteiger partial charge >= 0.3 is 5.97 Å². The summed E-state index contributed by atoms with van der Waals surface area (Å²) in [7, 11) is 0. The molecule has 0 saturated carbocycles. The van der Waals surface area contributed by atoms with Crippen LogP contribution < -0.4 is 0 Å². The highest BCUT2D eigenvalue weighted by Crippen LogP contribution is 2.02. The zero-order valence-electron chi connectivity index (χ0n) is 9.05. The molecular weight excluding hydrogens is 206 g/mol. The topological polar surface area (TPSA) is 59.3 Å². The molecule has 0 aliphatic heterocycles. The Hall–Kier alpha value is -1.86. The van der Waals surface area contributed by atoms with Gasteiger partial charge in [0.15, 0.2) is 0 Å². The number of benzene rings is 1. The molecule has 4 nitrogen and oxygen atoms in total. The Morgan fingerprint density at radius 2 is 2.12 bits per heavy atom. The second kappa shape index (κ2) is 6.59. The van der Waals surface area contributed by atoms with Crippen LogP contribution in [-0.4, -0.2) is 18.7 Å². The number of nitriles is 1. The number of ether oxygens (including phenoxy) is 2. The van der Waals surface area contributed by atoms with Crippen molar-refractivity contribution < 1.29 is 14.3 Å². The molecule has 0 heterocycles. The maximum absolute atomic E-state index is 10.6. The average molecular weight is 219 g/mol. The minimum Gasteiger partial charge on any atom is -0.445 e. The van der Waals surface area contributed by atoms with Crippen LogP contribution in [0.15, 0.2) is 30.3 Å². The highest BCUT2D eigenvalue weighted by Gasteiger charge is 2.10. The fraction of sp³-hybridized carbons (Fsp3) is 0.333. The fourth-order valence-electron chi connectivity index (χ4n) is 1.16. The van der Waals surface area contributed by atoms with Gasteiger partial charge in [-0.15, -0.1) is 0 Å². The highest BCUT2D eigenvalue weighted by molar-refractivity contribution is 5.66. The minimum atomic E-state index is -0.832. The molecule has 1 rings (SSSR count). The first-order chi connectivity index (χ1) is 7.72. The van der Waals surface area contributed by atoms with Gasteiger partial charge in [0.25, 0.3) is 0 Å². The van der Waals surface area contributed by atoms with Crippen molar-refractivity contribution in [2.24, 2.45) is 0 Å². The van der Waals surface area contributed by atoms with E-state index >= 15 is 0 Å². The van der Waals surface area contributed by atoms with E-state index in [0.29, 0.717) is 6.61 Å². The van der Waals surface area contributed by atoms with Crippen molar-refractivity contribution in [2.75, 3.05) is 6.61 Å². The number of carbonyl (C=O) groups is 1. The van der Waals surface area contributed by atoms with Crippen LogP contribution in [0.1, 0.15) is 12.5 Å². The number of hydrogen-bond acceptors (Lipinski definition) is 4. The lowest BCUT2D eigenvalue weighted by Crippen LogP contribution is -2.20. The van der Waals surface area contributed by atoms with Crippen molar-refractivity contribution in [3.8, 4) is 6.07 Å². The van der Waals surface area contributed by atoms with E-state index in [1.54, 1.807) is 0 Å². The Bertz CT molecular complexity index is 370. The molecule has 0 fully saturated rings. The van der Waals surface area contributed by atoms with Gasteiger partial charge in [-0.1, -0.05) is 30.3 Å². The van der Waals surface area contributed by atoms with Gasteiger partial charge in [0.1, 0.15) is 6.07 Å². The molecule has 1 aromatic rings. The summed E-state index contributed by atoms with van der Waals surface area (Å²) >= 11 is 0. The smallest absolute Gasteiger partial charge is 0.304 e. The molecule has 0 aromatic heterocycles. The molecule has 0 amide bonds. The molecule has 84 valence electrons. The van der Waals surface area contributed by atoms with Crippen LogP contribution in [0.3, 0.4) is 0 Å². The standard InChI is InChI=1S/C12H13NO3/c1-10(14)16-12(7-13)9-15-8-11-5-3-2-4-6-11/h2-6,12H,8-9H2,1H3. The molecule has 1 aromatic carbocycles. The van der Waals surface area contributed by atoms with Gasteiger partial charge in [-0.25, -0.2) is 0 Å².